The highest BCUT2D eigenvalue weighted by molar-refractivity contribution is 7.87. The van der Waals surface area contributed by atoms with Crippen LogP contribution >= 0.6 is 0 Å². The number of carbonyl (C=O) groups is 2. The van der Waals surface area contributed by atoms with Gasteiger partial charge >= 0.3 is 63.1 Å². The topological polar surface area (TPSA) is 110 Å². The Morgan fingerprint density at radius 2 is 1.00 bits per heavy atom. The first-order chi connectivity index (χ1) is 18.3. The Hall–Kier alpha value is -2.60. The fourth-order valence-corrected chi connectivity index (χ4v) is 4.78. The number of amides is 1. The summed E-state index contributed by atoms with van der Waals surface area (Å²) in [6, 6.07) is 0. The summed E-state index contributed by atoms with van der Waals surface area (Å²) in [6.45, 7) is 0. The number of nitrogens with one attached hydrogen (secondary N) is 1. The molecule has 2 N–H and O–H groups in total. The second kappa shape index (κ2) is 9.70. The van der Waals surface area contributed by atoms with E-state index in [4.69, 9.17) is 5.11 Å². The fourth-order valence-electron chi connectivity index (χ4n) is 4.04. The molecule has 2 aliphatic rings. The molecule has 2 bridgehead atoms. The second-order valence-electron chi connectivity index (χ2n) is 8.80. The Kier molecular flexibility index (Phi) is 8.22. The van der Waals surface area contributed by atoms with Crippen molar-refractivity contribution in [2.75, 3.05) is 0 Å². The lowest BCUT2D eigenvalue weighted by Gasteiger charge is -2.42. The van der Waals surface area contributed by atoms with E-state index < -0.39 is 92.6 Å². The van der Waals surface area contributed by atoms with E-state index in [0.717, 1.165) is 6.08 Å². The van der Waals surface area contributed by atoms with E-state index in [1.807, 2.05) is 0 Å². The standard InChI is InChI=1S/C17H10F17NO6S/c18-10(19,12(22,23)14(26,27)16(30,31)32)11(20,21)13(24,25)15(28,29)17(33,34)42(39,40)41-35-8(36)6-4-1-2-5(3-4)7(6)9(37)38/h1-2,4-7H,3H2,(H,35,36)(H,37,38). The SMILES string of the molecule is O=C(O)C1C2C=CC(C2)C1C(=O)NOS(=O)(=O)C(F)(F)C(F)(F)C(F)(F)C(F)(F)C(F)(F)C(F)(F)C(F)(F)C(F)(F)F. The highest BCUT2D eigenvalue weighted by Crippen LogP contribution is 2.64. The van der Waals surface area contributed by atoms with Crippen LogP contribution in [0.5, 0.6) is 0 Å². The Balaban J connectivity index is 2.44. The van der Waals surface area contributed by atoms with E-state index >= 15 is 0 Å². The molecule has 0 radical (unpaired) electrons. The van der Waals surface area contributed by atoms with Gasteiger partial charge in [0.1, 0.15) is 0 Å². The van der Waals surface area contributed by atoms with E-state index in [1.54, 1.807) is 0 Å². The summed E-state index contributed by atoms with van der Waals surface area (Å²) in [7, 11) is -8.02. The Morgan fingerprint density at radius 3 is 1.38 bits per heavy atom. The van der Waals surface area contributed by atoms with Crippen molar-refractivity contribution in [1.29, 1.82) is 0 Å². The second-order valence-corrected chi connectivity index (χ2v) is 10.4. The molecular formula is C17H10F17NO6S. The summed E-state index contributed by atoms with van der Waals surface area (Å²) in [5.74, 6) is -62.2. The molecule has 2 rings (SSSR count). The van der Waals surface area contributed by atoms with E-state index in [9.17, 15) is 92.6 Å². The molecule has 1 saturated carbocycles. The zero-order valence-corrected chi connectivity index (χ0v) is 19.8. The minimum absolute atomic E-state index is 0.135. The van der Waals surface area contributed by atoms with Crippen molar-refractivity contribution in [2.45, 2.75) is 53.4 Å². The van der Waals surface area contributed by atoms with Gasteiger partial charge in [-0.1, -0.05) is 12.2 Å². The molecule has 0 aromatic carbocycles. The third-order valence-corrected chi connectivity index (χ3v) is 7.49. The van der Waals surface area contributed by atoms with Gasteiger partial charge in [0.15, 0.2) is 0 Å². The van der Waals surface area contributed by atoms with Crippen molar-refractivity contribution < 1.29 is 102 Å². The van der Waals surface area contributed by atoms with Gasteiger partial charge in [-0.2, -0.15) is 83.1 Å². The van der Waals surface area contributed by atoms with Crippen LogP contribution in [0.1, 0.15) is 6.42 Å². The van der Waals surface area contributed by atoms with Crippen LogP contribution in [-0.2, 0) is 24.0 Å². The third-order valence-electron chi connectivity index (χ3n) is 6.31. The van der Waals surface area contributed by atoms with Gasteiger partial charge in [0, 0.05) is 0 Å². The molecule has 244 valence electrons. The van der Waals surface area contributed by atoms with E-state index in [0.29, 0.717) is 5.48 Å². The van der Waals surface area contributed by atoms with Crippen LogP contribution in [0.4, 0.5) is 74.6 Å². The molecule has 0 heterocycles. The van der Waals surface area contributed by atoms with Crippen LogP contribution < -0.4 is 5.48 Å². The van der Waals surface area contributed by atoms with Gasteiger partial charge in [0.2, 0.25) is 5.91 Å². The zero-order chi connectivity index (χ0) is 33.5. The van der Waals surface area contributed by atoms with Crippen LogP contribution in [0.2, 0.25) is 0 Å². The molecule has 0 spiro atoms. The Morgan fingerprint density at radius 1 is 0.643 bits per heavy atom. The summed E-state index contributed by atoms with van der Waals surface area (Å²) in [6.07, 6.45) is -5.71. The van der Waals surface area contributed by atoms with Gasteiger partial charge in [-0.25, -0.2) is 5.48 Å². The quantitative estimate of drug-likeness (QED) is 0.184. The van der Waals surface area contributed by atoms with Gasteiger partial charge in [0.25, 0.3) is 0 Å². The molecule has 4 atom stereocenters. The number of hydrogen-bond donors (Lipinski definition) is 2. The summed E-state index contributed by atoms with van der Waals surface area (Å²) in [5.41, 5.74) is 0.432. The van der Waals surface area contributed by atoms with Crippen LogP contribution in [0.15, 0.2) is 12.2 Å². The molecule has 42 heavy (non-hydrogen) atoms. The molecule has 2 aliphatic carbocycles. The van der Waals surface area contributed by atoms with Gasteiger partial charge < -0.3 is 5.11 Å². The maximum Gasteiger partial charge on any atom is 0.460 e. The first-order valence-electron chi connectivity index (χ1n) is 10.1. The largest absolute Gasteiger partial charge is 0.481 e. The monoisotopic (exact) mass is 679 g/mol. The Bertz CT molecular complexity index is 1240. The molecule has 7 nitrogen and oxygen atoms in total. The van der Waals surface area contributed by atoms with Crippen molar-refractivity contribution in [3.8, 4) is 0 Å². The van der Waals surface area contributed by atoms with Crippen LogP contribution in [0, 0.1) is 23.7 Å². The predicted molar refractivity (Wildman–Crippen MR) is 94.2 cm³/mol. The molecule has 1 amide bonds. The zero-order valence-electron chi connectivity index (χ0n) is 19.0. The maximum absolute atomic E-state index is 14.0. The molecule has 0 aliphatic heterocycles. The number of hydrogen-bond acceptors (Lipinski definition) is 5. The summed E-state index contributed by atoms with van der Waals surface area (Å²) in [4.78, 5) is 23.4. The van der Waals surface area contributed by atoms with Crippen LogP contribution in [0.3, 0.4) is 0 Å². The number of alkyl halides is 17. The van der Waals surface area contributed by atoms with Gasteiger partial charge in [0.05, 0.1) is 11.8 Å². The fraction of sp³-hybridized carbons (Fsp3) is 0.765. The van der Waals surface area contributed by atoms with Crippen LogP contribution in [0.25, 0.3) is 0 Å². The molecule has 0 saturated heterocycles. The third kappa shape index (κ3) is 4.55. The smallest absolute Gasteiger partial charge is 0.460 e. The lowest BCUT2D eigenvalue weighted by atomic mass is 9.82. The minimum atomic E-state index is -9.02. The van der Waals surface area contributed by atoms with E-state index in [1.165, 1.54) is 6.08 Å². The number of carboxylic acids is 1. The summed E-state index contributed by atoms with van der Waals surface area (Å²) >= 11 is 0. The lowest BCUT2D eigenvalue weighted by molar-refractivity contribution is -0.458. The first kappa shape index (κ1) is 35.6. The predicted octanol–water partition coefficient (Wildman–Crippen LogP) is 4.85. The summed E-state index contributed by atoms with van der Waals surface area (Å²) < 4.78 is 252. The molecule has 0 aromatic heterocycles. The molecular weight excluding hydrogens is 669 g/mol. The highest BCUT2D eigenvalue weighted by Gasteiger charge is 2.96. The number of halogens is 17. The summed E-state index contributed by atoms with van der Waals surface area (Å²) in [5, 5.41) is 1.14. The number of hydroxylamine groups is 1. The molecule has 1 fully saturated rings. The normalized spacial score (nSPS) is 24.7. The van der Waals surface area contributed by atoms with E-state index in [-0.39, 0.29) is 6.42 Å². The van der Waals surface area contributed by atoms with Crippen molar-refractivity contribution >= 4 is 22.0 Å². The lowest BCUT2D eigenvalue weighted by Crippen LogP contribution is -2.75. The minimum Gasteiger partial charge on any atom is -0.481 e. The maximum atomic E-state index is 14.0. The number of carbonyl (C=O) groups excluding carboxylic acids is 1. The number of aliphatic carboxylic acids is 1. The average molecular weight is 679 g/mol. The van der Waals surface area contributed by atoms with Crippen molar-refractivity contribution in [3.05, 3.63) is 12.2 Å². The highest BCUT2D eigenvalue weighted by atomic mass is 32.2. The Labute approximate surface area is 219 Å². The van der Waals surface area contributed by atoms with Gasteiger partial charge in [-0.05, 0) is 18.3 Å². The number of allylic oxidation sites excluding steroid dienone is 2. The molecule has 0 aromatic rings. The number of rotatable bonds is 11. The number of fused-ring (bicyclic) bond motifs is 2. The van der Waals surface area contributed by atoms with Gasteiger partial charge in [-0.3, -0.25) is 9.59 Å². The molecule has 25 heteroatoms. The van der Waals surface area contributed by atoms with Gasteiger partial charge in [-0.15, -0.1) is 4.28 Å². The van der Waals surface area contributed by atoms with Crippen molar-refractivity contribution in [1.82, 2.24) is 5.48 Å². The average Bonchev–Trinajstić information content (AvgIpc) is 3.42. The molecule has 4 unspecified atom stereocenters. The van der Waals surface area contributed by atoms with Crippen molar-refractivity contribution in [3.63, 3.8) is 0 Å². The number of carboxylic acid groups (broad SMARTS) is 1. The van der Waals surface area contributed by atoms with E-state index in [2.05, 4.69) is 4.28 Å². The first-order valence-corrected chi connectivity index (χ1v) is 11.6. The van der Waals surface area contributed by atoms with Crippen molar-refractivity contribution in [2.24, 2.45) is 23.7 Å². The van der Waals surface area contributed by atoms with Crippen LogP contribution in [-0.4, -0.2) is 72.4 Å².